The van der Waals surface area contributed by atoms with Crippen LogP contribution in [0, 0.1) is 6.92 Å². The number of aliphatic hydroxyl groups excluding tert-OH is 1. The van der Waals surface area contributed by atoms with Crippen LogP contribution in [0.15, 0.2) is 24.3 Å². The maximum absolute atomic E-state index is 13.6. The molecule has 2 unspecified atom stereocenters. The lowest BCUT2D eigenvalue weighted by atomic mass is 10.0. The van der Waals surface area contributed by atoms with Gasteiger partial charge in [-0.15, -0.1) is 0 Å². The van der Waals surface area contributed by atoms with Crippen molar-refractivity contribution in [1.82, 2.24) is 15.5 Å². The molecule has 5 N–H and O–H groups in total. The summed E-state index contributed by atoms with van der Waals surface area (Å²) in [6, 6.07) is 4.63. The molecule has 4 amide bonds. The molecule has 0 aliphatic carbocycles. The Morgan fingerprint density at radius 3 is 2.15 bits per heavy atom. The molecule has 10 heteroatoms. The van der Waals surface area contributed by atoms with Crippen LogP contribution in [-0.2, 0) is 19.1 Å². The number of nitrogens with two attached hydrogens (primary N) is 1. The van der Waals surface area contributed by atoms with Crippen LogP contribution >= 0.6 is 0 Å². The fraction of sp³-hybridized carbons (Fsp3) is 0.583. The molecule has 1 rings (SSSR count). The lowest BCUT2D eigenvalue weighted by Gasteiger charge is -2.34. The van der Waals surface area contributed by atoms with Crippen LogP contribution < -0.4 is 16.4 Å². The van der Waals surface area contributed by atoms with Gasteiger partial charge in [-0.1, -0.05) is 29.8 Å². The van der Waals surface area contributed by atoms with Crippen molar-refractivity contribution in [1.29, 1.82) is 0 Å². The Morgan fingerprint density at radius 1 is 1.09 bits per heavy atom. The summed E-state index contributed by atoms with van der Waals surface area (Å²) in [7, 11) is 0. The lowest BCUT2D eigenvalue weighted by molar-refractivity contribution is -0.143. The zero-order chi connectivity index (χ0) is 26.1. The number of alkyl carbamates (subject to hydrolysis) is 1. The standard InChI is InChI=1S/C24H38N4O6/c1-15(2)26-21(31)20(17-9-7-16(3)8-10-17)28(13-14-29)22(32)18(11-12-19(25)30)27-23(33)34-24(4,5)6/h7-10,15,18,20,29H,11-14H2,1-6H3,(H2,25,30)(H,26,31)(H,27,33). The van der Waals surface area contributed by atoms with E-state index >= 15 is 0 Å². The van der Waals surface area contributed by atoms with Gasteiger partial charge in [-0.2, -0.15) is 0 Å². The van der Waals surface area contributed by atoms with E-state index in [0.29, 0.717) is 5.56 Å². The topological polar surface area (TPSA) is 151 Å². The number of rotatable bonds is 11. The monoisotopic (exact) mass is 478 g/mol. The van der Waals surface area contributed by atoms with Gasteiger partial charge in [0.05, 0.1) is 6.61 Å². The number of hydrogen-bond acceptors (Lipinski definition) is 6. The maximum atomic E-state index is 13.6. The van der Waals surface area contributed by atoms with Crippen molar-refractivity contribution in [3.8, 4) is 0 Å². The number of nitrogens with zero attached hydrogens (tertiary/aromatic N) is 1. The fourth-order valence-corrected chi connectivity index (χ4v) is 3.25. The van der Waals surface area contributed by atoms with Gasteiger partial charge in [-0.25, -0.2) is 4.79 Å². The SMILES string of the molecule is Cc1ccc(C(C(=O)NC(C)C)N(CCO)C(=O)C(CCC(N)=O)NC(=O)OC(C)(C)C)cc1. The summed E-state index contributed by atoms with van der Waals surface area (Å²) in [6.07, 6.45) is -1.12. The molecule has 0 fully saturated rings. The first-order valence-corrected chi connectivity index (χ1v) is 11.3. The smallest absolute Gasteiger partial charge is 0.408 e. The molecule has 0 saturated heterocycles. The van der Waals surface area contributed by atoms with Crippen LogP contribution in [0.2, 0.25) is 0 Å². The lowest BCUT2D eigenvalue weighted by Crippen LogP contribution is -2.54. The molecule has 0 aromatic heterocycles. The quantitative estimate of drug-likeness (QED) is 0.379. The minimum Gasteiger partial charge on any atom is -0.444 e. The fourth-order valence-electron chi connectivity index (χ4n) is 3.25. The van der Waals surface area contributed by atoms with Crippen molar-refractivity contribution in [2.75, 3.05) is 13.2 Å². The third-order valence-electron chi connectivity index (χ3n) is 4.68. The van der Waals surface area contributed by atoms with Gasteiger partial charge in [-0.05, 0) is 53.5 Å². The highest BCUT2D eigenvalue weighted by atomic mass is 16.6. The van der Waals surface area contributed by atoms with Crippen LogP contribution in [-0.4, -0.2) is 64.7 Å². The van der Waals surface area contributed by atoms with Gasteiger partial charge in [0, 0.05) is 19.0 Å². The Balaban J connectivity index is 3.39. The maximum Gasteiger partial charge on any atom is 0.408 e. The number of aryl methyl sites for hydroxylation is 1. The highest BCUT2D eigenvalue weighted by molar-refractivity contribution is 5.92. The van der Waals surface area contributed by atoms with Crippen LogP contribution in [0.4, 0.5) is 4.79 Å². The first-order valence-electron chi connectivity index (χ1n) is 11.3. The molecule has 0 saturated carbocycles. The summed E-state index contributed by atoms with van der Waals surface area (Å²) in [4.78, 5) is 51.8. The van der Waals surface area contributed by atoms with E-state index in [-0.39, 0.29) is 25.4 Å². The van der Waals surface area contributed by atoms with Crippen LogP contribution in [0.3, 0.4) is 0 Å². The molecule has 10 nitrogen and oxygen atoms in total. The normalized spacial score (nSPS) is 13.1. The molecule has 1 aromatic rings. The number of primary amides is 1. The van der Waals surface area contributed by atoms with Crippen molar-refractivity contribution in [2.45, 2.75) is 78.1 Å². The van der Waals surface area contributed by atoms with Crippen molar-refractivity contribution in [3.05, 3.63) is 35.4 Å². The van der Waals surface area contributed by atoms with Gasteiger partial charge in [0.25, 0.3) is 0 Å². The summed E-state index contributed by atoms with van der Waals surface area (Å²) in [5, 5.41) is 15.0. The summed E-state index contributed by atoms with van der Waals surface area (Å²) in [6.45, 7) is 9.92. The van der Waals surface area contributed by atoms with Crippen molar-refractivity contribution >= 4 is 23.8 Å². The van der Waals surface area contributed by atoms with Gasteiger partial charge >= 0.3 is 6.09 Å². The highest BCUT2D eigenvalue weighted by Gasteiger charge is 2.36. The molecule has 2 atom stereocenters. The Kier molecular flexibility index (Phi) is 11.0. The molecule has 34 heavy (non-hydrogen) atoms. The van der Waals surface area contributed by atoms with E-state index < -0.39 is 48.1 Å². The first kappa shape index (κ1) is 28.9. The molecule has 0 bridgehead atoms. The van der Waals surface area contributed by atoms with E-state index in [1.54, 1.807) is 46.8 Å². The predicted molar refractivity (Wildman–Crippen MR) is 128 cm³/mol. The Labute approximate surface area is 201 Å². The molecule has 190 valence electrons. The number of benzene rings is 1. The Hall–Kier alpha value is -3.14. The van der Waals surface area contributed by atoms with E-state index in [1.165, 1.54) is 4.90 Å². The summed E-state index contributed by atoms with van der Waals surface area (Å²) >= 11 is 0. The molecular weight excluding hydrogens is 440 g/mol. The predicted octanol–water partition coefficient (Wildman–Crippen LogP) is 1.54. The van der Waals surface area contributed by atoms with E-state index in [9.17, 15) is 24.3 Å². The number of carbonyl (C=O) groups is 4. The summed E-state index contributed by atoms with van der Waals surface area (Å²) in [5.41, 5.74) is 5.96. The van der Waals surface area contributed by atoms with Gasteiger partial charge in [0.2, 0.25) is 17.7 Å². The Morgan fingerprint density at radius 2 is 1.68 bits per heavy atom. The largest absolute Gasteiger partial charge is 0.444 e. The average molecular weight is 479 g/mol. The molecule has 0 aliphatic rings. The van der Waals surface area contributed by atoms with E-state index in [0.717, 1.165) is 5.56 Å². The van der Waals surface area contributed by atoms with E-state index in [4.69, 9.17) is 10.5 Å². The zero-order valence-corrected chi connectivity index (χ0v) is 20.9. The minimum absolute atomic E-state index is 0.0955. The minimum atomic E-state index is -1.20. The number of hydrogen-bond donors (Lipinski definition) is 4. The second kappa shape index (κ2) is 12.9. The molecule has 0 radical (unpaired) electrons. The van der Waals surface area contributed by atoms with Gasteiger partial charge in [0.1, 0.15) is 17.7 Å². The van der Waals surface area contributed by atoms with Crippen LogP contribution in [0.25, 0.3) is 0 Å². The van der Waals surface area contributed by atoms with E-state index in [2.05, 4.69) is 10.6 Å². The van der Waals surface area contributed by atoms with Gasteiger partial charge in [0.15, 0.2) is 0 Å². The second-order valence-corrected chi connectivity index (χ2v) is 9.44. The summed E-state index contributed by atoms with van der Waals surface area (Å²) < 4.78 is 5.26. The van der Waals surface area contributed by atoms with Crippen molar-refractivity contribution in [3.63, 3.8) is 0 Å². The number of carbonyl (C=O) groups excluding carboxylic acids is 4. The highest BCUT2D eigenvalue weighted by Crippen LogP contribution is 2.24. The number of nitrogens with one attached hydrogen (secondary N) is 2. The number of aliphatic hydroxyl groups is 1. The molecule has 1 aromatic carbocycles. The van der Waals surface area contributed by atoms with Crippen LogP contribution in [0.5, 0.6) is 0 Å². The molecule has 0 heterocycles. The number of ether oxygens (including phenoxy) is 1. The molecular formula is C24H38N4O6. The average Bonchev–Trinajstić information content (AvgIpc) is 2.69. The van der Waals surface area contributed by atoms with Gasteiger partial charge in [-0.3, -0.25) is 14.4 Å². The second-order valence-electron chi connectivity index (χ2n) is 9.44. The third-order valence-corrected chi connectivity index (χ3v) is 4.68. The van der Waals surface area contributed by atoms with Crippen molar-refractivity contribution in [2.24, 2.45) is 5.73 Å². The third kappa shape index (κ3) is 9.78. The van der Waals surface area contributed by atoms with Crippen LogP contribution in [0.1, 0.15) is 64.6 Å². The summed E-state index contributed by atoms with van der Waals surface area (Å²) in [5.74, 6) is -1.73. The molecule has 0 aliphatic heterocycles. The van der Waals surface area contributed by atoms with E-state index in [1.807, 2.05) is 19.1 Å². The van der Waals surface area contributed by atoms with Crippen molar-refractivity contribution < 1.29 is 29.0 Å². The van der Waals surface area contributed by atoms with Gasteiger partial charge < -0.3 is 31.1 Å². The zero-order valence-electron chi connectivity index (χ0n) is 20.9. The number of amides is 4. The Bertz CT molecular complexity index is 848. The first-order chi connectivity index (χ1) is 15.7. The molecule has 0 spiro atoms.